The van der Waals surface area contributed by atoms with E-state index >= 15 is 0 Å². The molecule has 3 aromatic rings. The fourth-order valence-electron chi connectivity index (χ4n) is 2.76. The minimum Gasteiger partial charge on any atom is -0.308 e. The van der Waals surface area contributed by atoms with Crippen molar-refractivity contribution in [2.24, 2.45) is 0 Å². The van der Waals surface area contributed by atoms with E-state index in [9.17, 15) is 9.59 Å². The first kappa shape index (κ1) is 24.8. The van der Waals surface area contributed by atoms with Crippen LogP contribution in [0.15, 0.2) is 66.3 Å². The molecule has 0 aliphatic carbocycles. The van der Waals surface area contributed by atoms with Crippen LogP contribution in [0.25, 0.3) is 6.08 Å². The summed E-state index contributed by atoms with van der Waals surface area (Å²) in [4.78, 5) is 29.8. The molecule has 0 radical (unpaired) electrons. The Kier molecular flexibility index (Phi) is 8.52. The van der Waals surface area contributed by atoms with Crippen LogP contribution in [0.1, 0.15) is 38.2 Å². The molecule has 0 fully saturated rings. The van der Waals surface area contributed by atoms with Crippen molar-refractivity contribution in [3.8, 4) is 0 Å². The Balaban J connectivity index is 1.62. The summed E-state index contributed by atoms with van der Waals surface area (Å²) in [7, 11) is 0. The Labute approximate surface area is 211 Å². The third-order valence-corrected chi connectivity index (χ3v) is 6.37. The van der Waals surface area contributed by atoms with E-state index in [1.807, 2.05) is 43.3 Å². The number of carbonyl (C=O) groups is 2. The lowest BCUT2D eigenvalue weighted by atomic mass is 10.1. The molecule has 1 heterocycles. The summed E-state index contributed by atoms with van der Waals surface area (Å²) < 4.78 is 0. The first-order chi connectivity index (χ1) is 15.7. The number of allylic oxidation sites excluding steroid dienone is 3. The largest absolute Gasteiger partial charge is 0.308 e. The maximum Gasteiger partial charge on any atom is 0.257 e. The van der Waals surface area contributed by atoms with Crippen LogP contribution in [0, 0.1) is 6.92 Å². The Morgan fingerprint density at radius 1 is 1.06 bits per heavy atom. The second-order valence-corrected chi connectivity index (χ2v) is 9.19. The molecule has 2 N–H and O–H groups in total. The van der Waals surface area contributed by atoms with Gasteiger partial charge >= 0.3 is 0 Å². The quantitative estimate of drug-likeness (QED) is 0.165. The van der Waals surface area contributed by atoms with E-state index in [-0.39, 0.29) is 15.9 Å². The number of hydrogen-bond donors (Lipinski definition) is 2. The Bertz CT molecular complexity index is 1270. The monoisotopic (exact) mass is 515 g/mol. The number of thiocarbonyl (C=S) groups is 1. The van der Waals surface area contributed by atoms with Gasteiger partial charge in [-0.1, -0.05) is 82.6 Å². The number of halogens is 2. The van der Waals surface area contributed by atoms with Crippen LogP contribution in [0.4, 0.5) is 5.13 Å². The number of anilines is 1. The van der Waals surface area contributed by atoms with Crippen molar-refractivity contribution in [2.75, 3.05) is 5.32 Å². The van der Waals surface area contributed by atoms with E-state index < -0.39 is 5.91 Å². The number of benzene rings is 2. The molecule has 0 unspecified atom stereocenters. The van der Waals surface area contributed by atoms with Crippen molar-refractivity contribution < 1.29 is 9.59 Å². The highest BCUT2D eigenvalue weighted by Crippen LogP contribution is 2.24. The Hall–Kier alpha value is -2.84. The summed E-state index contributed by atoms with van der Waals surface area (Å²) >= 11 is 18.2. The number of thiazole rings is 1. The molecule has 0 bridgehead atoms. The van der Waals surface area contributed by atoms with E-state index in [1.165, 1.54) is 24.3 Å². The van der Waals surface area contributed by atoms with Gasteiger partial charge < -0.3 is 5.32 Å². The lowest BCUT2D eigenvalue weighted by Crippen LogP contribution is -2.34. The predicted octanol–water partition coefficient (Wildman–Crippen LogP) is 6.73. The van der Waals surface area contributed by atoms with Gasteiger partial charge in [-0.05, 0) is 55.9 Å². The molecule has 0 spiro atoms. The molecule has 5 nitrogen and oxygen atoms in total. The highest BCUT2D eigenvalue weighted by atomic mass is 35.5. The van der Waals surface area contributed by atoms with Crippen LogP contribution in [0.5, 0.6) is 0 Å². The third-order valence-electron chi connectivity index (χ3n) is 4.34. The van der Waals surface area contributed by atoms with Crippen LogP contribution >= 0.6 is 46.8 Å². The maximum absolute atomic E-state index is 12.6. The lowest BCUT2D eigenvalue weighted by Gasteiger charge is -2.07. The molecule has 0 atom stereocenters. The van der Waals surface area contributed by atoms with Gasteiger partial charge in [0.15, 0.2) is 16.0 Å². The first-order valence-electron chi connectivity index (χ1n) is 9.73. The van der Waals surface area contributed by atoms with Gasteiger partial charge in [-0.2, -0.15) is 0 Å². The smallest absolute Gasteiger partial charge is 0.257 e. The predicted molar refractivity (Wildman–Crippen MR) is 141 cm³/mol. The molecular formula is C24H19Cl2N3O2S2. The van der Waals surface area contributed by atoms with E-state index in [0.717, 1.165) is 22.5 Å². The van der Waals surface area contributed by atoms with Gasteiger partial charge in [-0.15, -0.1) is 0 Å². The molecule has 33 heavy (non-hydrogen) atoms. The number of carbonyl (C=O) groups excluding carboxylic acids is 2. The van der Waals surface area contributed by atoms with Crippen LogP contribution in [-0.4, -0.2) is 21.8 Å². The standard InChI is InChI=1S/C24H19Cl2N3O2S2/c1-14(12-16-6-4-3-5-7-16)8-11-20(30)21-15(2)27-24(33-21)29-23(32)28-22(31)17-9-10-18(25)19(26)13-17/h3-13H,1-2H3,(H2,27,28,29,31,32). The van der Waals surface area contributed by atoms with Gasteiger partial charge in [0.1, 0.15) is 0 Å². The zero-order chi connectivity index (χ0) is 24.0. The van der Waals surface area contributed by atoms with Crippen molar-refractivity contribution >= 4 is 74.8 Å². The summed E-state index contributed by atoms with van der Waals surface area (Å²) in [6.07, 6.45) is 5.28. The highest BCUT2D eigenvalue weighted by Gasteiger charge is 2.15. The van der Waals surface area contributed by atoms with E-state index in [2.05, 4.69) is 15.6 Å². The first-order valence-corrected chi connectivity index (χ1v) is 11.7. The van der Waals surface area contributed by atoms with Crippen molar-refractivity contribution in [2.45, 2.75) is 13.8 Å². The summed E-state index contributed by atoms with van der Waals surface area (Å²) in [5, 5.41) is 6.47. The van der Waals surface area contributed by atoms with Gasteiger partial charge in [0.05, 0.1) is 20.6 Å². The highest BCUT2D eigenvalue weighted by molar-refractivity contribution is 7.80. The maximum atomic E-state index is 12.6. The van der Waals surface area contributed by atoms with Gasteiger partial charge in [-0.3, -0.25) is 14.9 Å². The summed E-state index contributed by atoms with van der Waals surface area (Å²) in [6, 6.07) is 14.4. The average molecular weight is 516 g/mol. The molecule has 0 aliphatic rings. The van der Waals surface area contributed by atoms with Crippen molar-refractivity contribution in [3.63, 3.8) is 0 Å². The molecule has 0 aliphatic heterocycles. The van der Waals surface area contributed by atoms with Crippen LogP contribution in [0.2, 0.25) is 10.0 Å². The number of hydrogen-bond acceptors (Lipinski definition) is 5. The Morgan fingerprint density at radius 2 is 1.79 bits per heavy atom. The molecule has 1 amide bonds. The SMILES string of the molecule is CC(C=CC(=O)c1sc(NC(=S)NC(=O)c2ccc(Cl)c(Cl)c2)nc1C)=Cc1ccccc1. The van der Waals surface area contributed by atoms with Crippen molar-refractivity contribution in [3.05, 3.63) is 98.0 Å². The number of nitrogens with one attached hydrogen (secondary N) is 2. The Morgan fingerprint density at radius 3 is 2.48 bits per heavy atom. The summed E-state index contributed by atoms with van der Waals surface area (Å²) in [6.45, 7) is 3.67. The minimum atomic E-state index is -0.445. The van der Waals surface area contributed by atoms with Gasteiger partial charge in [0.25, 0.3) is 5.91 Å². The molecular weight excluding hydrogens is 497 g/mol. The number of aryl methyl sites for hydroxylation is 1. The van der Waals surface area contributed by atoms with Crippen molar-refractivity contribution in [1.82, 2.24) is 10.3 Å². The van der Waals surface area contributed by atoms with Gasteiger partial charge in [0, 0.05) is 5.56 Å². The third kappa shape index (κ3) is 7.07. The fourth-order valence-corrected chi connectivity index (χ4v) is 4.21. The second kappa shape index (κ2) is 11.3. The summed E-state index contributed by atoms with van der Waals surface area (Å²) in [5.41, 5.74) is 2.88. The minimum absolute atomic E-state index is 0.0519. The van der Waals surface area contributed by atoms with Crippen LogP contribution in [-0.2, 0) is 0 Å². The zero-order valence-electron chi connectivity index (χ0n) is 17.7. The number of aromatic nitrogens is 1. The number of nitrogens with zero attached hydrogens (tertiary/aromatic N) is 1. The van der Waals surface area contributed by atoms with Crippen LogP contribution in [0.3, 0.4) is 0 Å². The van der Waals surface area contributed by atoms with Gasteiger partial charge in [0.2, 0.25) is 0 Å². The average Bonchev–Trinajstić information content (AvgIpc) is 3.14. The topological polar surface area (TPSA) is 71.1 Å². The van der Waals surface area contributed by atoms with Gasteiger partial charge in [-0.25, -0.2) is 4.98 Å². The summed E-state index contributed by atoms with van der Waals surface area (Å²) in [5.74, 6) is -0.608. The number of amides is 1. The molecule has 9 heteroatoms. The van der Waals surface area contributed by atoms with E-state index in [4.69, 9.17) is 35.4 Å². The number of ketones is 1. The molecule has 2 aromatic carbocycles. The fraction of sp³-hybridized carbons (Fsp3) is 0.0833. The molecule has 168 valence electrons. The van der Waals surface area contributed by atoms with Crippen molar-refractivity contribution in [1.29, 1.82) is 0 Å². The lowest BCUT2D eigenvalue weighted by molar-refractivity contribution is 0.0976. The molecule has 0 saturated carbocycles. The normalized spacial score (nSPS) is 11.5. The zero-order valence-corrected chi connectivity index (χ0v) is 20.8. The molecule has 3 rings (SSSR count). The molecule has 0 saturated heterocycles. The van der Waals surface area contributed by atoms with E-state index in [0.29, 0.717) is 26.3 Å². The number of rotatable bonds is 6. The van der Waals surface area contributed by atoms with E-state index in [1.54, 1.807) is 13.0 Å². The second-order valence-electron chi connectivity index (χ2n) is 6.97. The molecule has 1 aromatic heterocycles. The van der Waals surface area contributed by atoms with Crippen LogP contribution < -0.4 is 10.6 Å².